The molecular weight excluding hydrogens is 264 g/mol. The number of rotatable bonds is 4. The number of nitrogens with one attached hydrogen (secondary N) is 2. The molecule has 19 heavy (non-hydrogen) atoms. The second-order valence-electron chi connectivity index (χ2n) is 4.77. The van der Waals surface area contributed by atoms with Gasteiger partial charge in [-0.1, -0.05) is 23.7 Å². The number of carbonyl (C=O) groups excluding carboxylic acids is 1. The lowest BCUT2D eigenvalue weighted by Crippen LogP contribution is -2.44. The first-order valence-corrected chi connectivity index (χ1v) is 6.89. The highest BCUT2D eigenvalue weighted by Gasteiger charge is 2.18. The van der Waals surface area contributed by atoms with E-state index in [1.54, 1.807) is 0 Å². The Morgan fingerprint density at radius 3 is 2.89 bits per heavy atom. The summed E-state index contributed by atoms with van der Waals surface area (Å²) in [6.07, 6.45) is 0.442. The Balaban J connectivity index is 1.82. The van der Waals surface area contributed by atoms with Gasteiger partial charge in [0.05, 0.1) is 19.3 Å². The average molecular weight is 283 g/mol. The highest BCUT2D eigenvalue weighted by Crippen LogP contribution is 2.16. The van der Waals surface area contributed by atoms with E-state index in [0.717, 1.165) is 18.7 Å². The zero-order valence-corrected chi connectivity index (χ0v) is 11.7. The molecule has 0 bridgehead atoms. The molecule has 4 nitrogen and oxygen atoms in total. The molecule has 0 spiro atoms. The molecule has 1 aromatic carbocycles. The lowest BCUT2D eigenvalue weighted by Gasteiger charge is -2.24. The van der Waals surface area contributed by atoms with Crippen molar-refractivity contribution >= 4 is 17.5 Å². The van der Waals surface area contributed by atoms with Crippen molar-refractivity contribution in [2.45, 2.75) is 25.4 Å². The van der Waals surface area contributed by atoms with Crippen LogP contribution in [0.3, 0.4) is 0 Å². The largest absolute Gasteiger partial charge is 0.378 e. The van der Waals surface area contributed by atoms with Crippen LogP contribution in [0.25, 0.3) is 0 Å². The summed E-state index contributed by atoms with van der Waals surface area (Å²) in [7, 11) is 0. The van der Waals surface area contributed by atoms with Crippen LogP contribution in [0, 0.1) is 0 Å². The molecule has 5 heteroatoms. The molecule has 0 saturated carbocycles. The molecule has 2 atom stereocenters. The van der Waals surface area contributed by atoms with E-state index in [4.69, 9.17) is 16.3 Å². The minimum atomic E-state index is -0.0192. The van der Waals surface area contributed by atoms with Crippen LogP contribution < -0.4 is 10.6 Å². The number of hydrogen-bond donors (Lipinski definition) is 2. The van der Waals surface area contributed by atoms with Crippen LogP contribution in [0.2, 0.25) is 5.02 Å². The van der Waals surface area contributed by atoms with Gasteiger partial charge in [-0.3, -0.25) is 4.79 Å². The van der Waals surface area contributed by atoms with Crippen LogP contribution in [0.1, 0.15) is 24.9 Å². The Bertz CT molecular complexity index is 416. The predicted molar refractivity (Wildman–Crippen MR) is 75.2 cm³/mol. The molecule has 1 fully saturated rings. The quantitative estimate of drug-likeness (QED) is 0.887. The van der Waals surface area contributed by atoms with Gasteiger partial charge < -0.3 is 15.4 Å². The van der Waals surface area contributed by atoms with Gasteiger partial charge in [0.1, 0.15) is 0 Å². The van der Waals surface area contributed by atoms with Crippen LogP contribution in [0.15, 0.2) is 24.3 Å². The molecule has 1 amide bonds. The van der Waals surface area contributed by atoms with E-state index < -0.39 is 0 Å². The van der Waals surface area contributed by atoms with Crippen molar-refractivity contribution in [2.24, 2.45) is 0 Å². The van der Waals surface area contributed by atoms with E-state index in [2.05, 4.69) is 10.6 Å². The molecule has 0 aliphatic carbocycles. The zero-order chi connectivity index (χ0) is 13.7. The van der Waals surface area contributed by atoms with Gasteiger partial charge in [-0.15, -0.1) is 0 Å². The van der Waals surface area contributed by atoms with Crippen molar-refractivity contribution in [1.29, 1.82) is 0 Å². The molecule has 1 aromatic rings. The number of halogens is 1. The molecule has 0 aromatic heterocycles. The number of benzene rings is 1. The summed E-state index contributed by atoms with van der Waals surface area (Å²) < 4.78 is 5.33. The standard InChI is InChI=1S/C14H19ClN2O2/c1-10(11-2-4-12(15)5-3-11)17-14(18)8-13-9-19-7-6-16-13/h2-5,10,13,16H,6-9H2,1H3,(H,17,18). The Morgan fingerprint density at radius 2 is 2.26 bits per heavy atom. The van der Waals surface area contributed by atoms with Gasteiger partial charge in [-0.2, -0.15) is 0 Å². The smallest absolute Gasteiger partial charge is 0.222 e. The Morgan fingerprint density at radius 1 is 1.53 bits per heavy atom. The maximum atomic E-state index is 11.9. The Hall–Kier alpha value is -1.10. The maximum absolute atomic E-state index is 11.9. The highest BCUT2D eigenvalue weighted by atomic mass is 35.5. The molecule has 1 saturated heterocycles. The van der Waals surface area contributed by atoms with Crippen LogP contribution in [-0.2, 0) is 9.53 Å². The third kappa shape index (κ3) is 4.49. The summed E-state index contributed by atoms with van der Waals surface area (Å²) in [5.74, 6) is 0.0328. The second-order valence-corrected chi connectivity index (χ2v) is 5.21. The molecular formula is C14H19ClN2O2. The first-order chi connectivity index (χ1) is 9.15. The minimum Gasteiger partial charge on any atom is -0.378 e. The summed E-state index contributed by atoms with van der Waals surface area (Å²) in [4.78, 5) is 11.9. The fraction of sp³-hybridized carbons (Fsp3) is 0.500. The molecule has 1 aliphatic heterocycles. The van der Waals surface area contributed by atoms with Crippen molar-refractivity contribution < 1.29 is 9.53 Å². The molecule has 2 unspecified atom stereocenters. The lowest BCUT2D eigenvalue weighted by molar-refractivity contribution is -0.122. The van der Waals surface area contributed by atoms with Crippen molar-refractivity contribution in [3.05, 3.63) is 34.9 Å². The van der Waals surface area contributed by atoms with Gasteiger partial charge >= 0.3 is 0 Å². The van der Waals surface area contributed by atoms with Gasteiger partial charge in [0.2, 0.25) is 5.91 Å². The van der Waals surface area contributed by atoms with Gasteiger partial charge in [-0.25, -0.2) is 0 Å². The van der Waals surface area contributed by atoms with Crippen molar-refractivity contribution in [2.75, 3.05) is 19.8 Å². The van der Waals surface area contributed by atoms with E-state index in [-0.39, 0.29) is 18.0 Å². The molecule has 2 N–H and O–H groups in total. The fourth-order valence-corrected chi connectivity index (χ4v) is 2.24. The highest BCUT2D eigenvalue weighted by molar-refractivity contribution is 6.30. The van der Waals surface area contributed by atoms with Crippen LogP contribution in [0.5, 0.6) is 0 Å². The van der Waals surface area contributed by atoms with Gasteiger partial charge in [0.25, 0.3) is 0 Å². The first-order valence-electron chi connectivity index (χ1n) is 6.51. The first kappa shape index (κ1) is 14.3. The third-order valence-electron chi connectivity index (χ3n) is 3.18. The summed E-state index contributed by atoms with van der Waals surface area (Å²) in [6.45, 7) is 4.10. The van der Waals surface area contributed by atoms with E-state index in [0.29, 0.717) is 18.1 Å². The van der Waals surface area contributed by atoms with Crippen molar-refractivity contribution in [1.82, 2.24) is 10.6 Å². The summed E-state index contributed by atoms with van der Waals surface area (Å²) in [6, 6.07) is 7.61. The summed E-state index contributed by atoms with van der Waals surface area (Å²) >= 11 is 5.84. The van der Waals surface area contributed by atoms with Crippen LogP contribution in [0.4, 0.5) is 0 Å². The van der Waals surface area contributed by atoms with Gasteiger partial charge in [0.15, 0.2) is 0 Å². The normalized spacial score (nSPS) is 20.8. The van der Waals surface area contributed by atoms with Crippen LogP contribution in [-0.4, -0.2) is 31.7 Å². The number of carbonyl (C=O) groups is 1. The molecule has 1 aliphatic rings. The maximum Gasteiger partial charge on any atom is 0.222 e. The zero-order valence-electron chi connectivity index (χ0n) is 11.0. The van der Waals surface area contributed by atoms with Gasteiger partial charge in [0, 0.05) is 24.0 Å². The number of hydrogen-bond acceptors (Lipinski definition) is 3. The fourth-order valence-electron chi connectivity index (χ4n) is 2.11. The van der Waals surface area contributed by atoms with E-state index >= 15 is 0 Å². The molecule has 2 rings (SSSR count). The minimum absolute atomic E-state index is 0.0192. The van der Waals surface area contributed by atoms with E-state index in [1.165, 1.54) is 0 Å². The van der Waals surface area contributed by atoms with E-state index in [1.807, 2.05) is 31.2 Å². The third-order valence-corrected chi connectivity index (χ3v) is 3.43. The van der Waals surface area contributed by atoms with Crippen molar-refractivity contribution in [3.63, 3.8) is 0 Å². The molecule has 1 heterocycles. The topological polar surface area (TPSA) is 50.4 Å². The number of amides is 1. The second kappa shape index (κ2) is 6.89. The average Bonchev–Trinajstić information content (AvgIpc) is 2.40. The SMILES string of the molecule is CC(NC(=O)CC1COCCN1)c1ccc(Cl)cc1. The molecule has 0 radical (unpaired) electrons. The van der Waals surface area contributed by atoms with Crippen LogP contribution >= 0.6 is 11.6 Å². The van der Waals surface area contributed by atoms with Gasteiger partial charge in [-0.05, 0) is 24.6 Å². The monoisotopic (exact) mass is 282 g/mol. The van der Waals surface area contributed by atoms with Crippen molar-refractivity contribution in [3.8, 4) is 0 Å². The summed E-state index contributed by atoms with van der Waals surface area (Å²) in [5, 5.41) is 6.95. The molecule has 104 valence electrons. The summed E-state index contributed by atoms with van der Waals surface area (Å²) in [5.41, 5.74) is 1.05. The lowest BCUT2D eigenvalue weighted by atomic mass is 10.1. The number of morpholine rings is 1. The Labute approximate surface area is 118 Å². The number of ether oxygens (including phenoxy) is 1. The predicted octanol–water partition coefficient (Wildman–Crippen LogP) is 1.90. The Kier molecular flexibility index (Phi) is 5.19. The van der Waals surface area contributed by atoms with E-state index in [9.17, 15) is 4.79 Å².